The van der Waals surface area contributed by atoms with E-state index in [1.165, 1.54) is 0 Å². The summed E-state index contributed by atoms with van der Waals surface area (Å²) in [5.74, 6) is -0.714. The molecular formula is C10H20N2O2. The Kier molecular flexibility index (Phi) is 3.50. The van der Waals surface area contributed by atoms with Crippen LogP contribution in [0.15, 0.2) is 0 Å². The first-order chi connectivity index (χ1) is 6.42. The molecule has 0 radical (unpaired) electrons. The highest BCUT2D eigenvalue weighted by molar-refractivity contribution is 5.68. The van der Waals surface area contributed by atoms with Crippen molar-refractivity contribution in [2.45, 2.75) is 25.8 Å². The fourth-order valence-corrected chi connectivity index (χ4v) is 1.89. The van der Waals surface area contributed by atoms with E-state index in [9.17, 15) is 4.79 Å². The van der Waals surface area contributed by atoms with Gasteiger partial charge in [0, 0.05) is 31.7 Å². The summed E-state index contributed by atoms with van der Waals surface area (Å²) in [4.78, 5) is 15.2. The molecule has 0 amide bonds. The molecule has 1 aliphatic rings. The van der Waals surface area contributed by atoms with Crippen LogP contribution >= 0.6 is 0 Å². The van der Waals surface area contributed by atoms with Gasteiger partial charge in [0.05, 0.1) is 6.42 Å². The van der Waals surface area contributed by atoms with Crippen LogP contribution in [0.1, 0.15) is 20.3 Å². The van der Waals surface area contributed by atoms with E-state index in [-0.39, 0.29) is 12.0 Å². The molecule has 1 N–H and O–H groups in total. The molecular weight excluding hydrogens is 180 g/mol. The summed E-state index contributed by atoms with van der Waals surface area (Å²) in [6, 6.07) is 0. The van der Waals surface area contributed by atoms with Crippen LogP contribution in [0.4, 0.5) is 0 Å². The van der Waals surface area contributed by atoms with E-state index >= 15 is 0 Å². The molecule has 4 nitrogen and oxygen atoms in total. The number of rotatable bonds is 3. The van der Waals surface area contributed by atoms with Crippen molar-refractivity contribution in [3.8, 4) is 0 Å². The van der Waals surface area contributed by atoms with E-state index in [1.54, 1.807) is 0 Å². The minimum Gasteiger partial charge on any atom is -0.481 e. The van der Waals surface area contributed by atoms with Gasteiger partial charge in [0.15, 0.2) is 0 Å². The predicted octanol–water partition coefficient (Wildman–Crippen LogP) is 0.487. The summed E-state index contributed by atoms with van der Waals surface area (Å²) < 4.78 is 0. The third kappa shape index (κ3) is 2.96. The van der Waals surface area contributed by atoms with Crippen LogP contribution in [0.2, 0.25) is 0 Å². The molecule has 0 aromatic rings. The Hall–Kier alpha value is -0.610. The van der Waals surface area contributed by atoms with Gasteiger partial charge in [-0.05, 0) is 20.9 Å². The molecule has 1 aliphatic heterocycles. The van der Waals surface area contributed by atoms with Crippen LogP contribution in [0.25, 0.3) is 0 Å². The summed E-state index contributed by atoms with van der Waals surface area (Å²) in [5, 5.41) is 8.79. The summed E-state index contributed by atoms with van der Waals surface area (Å²) >= 11 is 0. The Balaban J connectivity index is 2.50. The lowest BCUT2D eigenvalue weighted by Crippen LogP contribution is -2.54. The normalized spacial score (nSPS) is 21.1. The molecule has 1 saturated heterocycles. The fourth-order valence-electron chi connectivity index (χ4n) is 1.89. The molecule has 0 aromatic carbocycles. The first-order valence-corrected chi connectivity index (χ1v) is 5.07. The van der Waals surface area contributed by atoms with E-state index in [1.807, 2.05) is 13.8 Å². The van der Waals surface area contributed by atoms with Crippen LogP contribution in [0.5, 0.6) is 0 Å². The average Bonchev–Trinajstić information content (AvgIpc) is 2.02. The molecule has 0 saturated carbocycles. The van der Waals surface area contributed by atoms with E-state index in [2.05, 4.69) is 16.8 Å². The number of nitrogens with zero attached hydrogens (tertiary/aromatic N) is 2. The second-order valence-electron chi connectivity index (χ2n) is 4.67. The number of hydrogen-bond acceptors (Lipinski definition) is 3. The van der Waals surface area contributed by atoms with Crippen molar-refractivity contribution in [3.05, 3.63) is 0 Å². The van der Waals surface area contributed by atoms with E-state index < -0.39 is 5.97 Å². The Morgan fingerprint density at radius 1 is 1.29 bits per heavy atom. The van der Waals surface area contributed by atoms with Gasteiger partial charge < -0.3 is 10.0 Å². The van der Waals surface area contributed by atoms with Crippen molar-refractivity contribution in [3.63, 3.8) is 0 Å². The number of hydrogen-bond donors (Lipinski definition) is 1. The number of carboxylic acids is 1. The van der Waals surface area contributed by atoms with Gasteiger partial charge in [-0.1, -0.05) is 0 Å². The number of carbonyl (C=O) groups is 1. The van der Waals surface area contributed by atoms with Crippen LogP contribution < -0.4 is 0 Å². The summed E-state index contributed by atoms with van der Waals surface area (Å²) in [6.45, 7) is 8.01. The topological polar surface area (TPSA) is 43.8 Å². The first kappa shape index (κ1) is 11.5. The highest BCUT2D eigenvalue weighted by Crippen LogP contribution is 2.20. The van der Waals surface area contributed by atoms with Crippen molar-refractivity contribution in [1.29, 1.82) is 0 Å². The van der Waals surface area contributed by atoms with E-state index in [0.29, 0.717) is 0 Å². The van der Waals surface area contributed by atoms with Crippen molar-refractivity contribution in [2.75, 3.05) is 33.2 Å². The van der Waals surface area contributed by atoms with Gasteiger partial charge >= 0.3 is 5.97 Å². The Morgan fingerprint density at radius 3 is 2.21 bits per heavy atom. The lowest BCUT2D eigenvalue weighted by molar-refractivity contribution is -0.140. The fraction of sp³-hybridized carbons (Fsp3) is 0.900. The molecule has 4 heteroatoms. The molecule has 0 atom stereocenters. The van der Waals surface area contributed by atoms with Crippen molar-refractivity contribution in [1.82, 2.24) is 9.80 Å². The summed E-state index contributed by atoms with van der Waals surface area (Å²) in [7, 11) is 2.10. The third-order valence-corrected chi connectivity index (χ3v) is 2.94. The van der Waals surface area contributed by atoms with Gasteiger partial charge in [0.1, 0.15) is 0 Å². The molecule has 0 unspecified atom stereocenters. The molecule has 0 aliphatic carbocycles. The number of likely N-dealkylation sites (N-methyl/N-ethyl adjacent to an activating group) is 1. The van der Waals surface area contributed by atoms with Crippen LogP contribution in [-0.4, -0.2) is 59.6 Å². The smallest absolute Gasteiger partial charge is 0.305 e. The molecule has 0 bridgehead atoms. The SMILES string of the molecule is CN1CCN(C(C)(C)CC(=O)O)CC1. The first-order valence-electron chi connectivity index (χ1n) is 5.07. The maximum Gasteiger partial charge on any atom is 0.305 e. The molecule has 1 heterocycles. The zero-order valence-electron chi connectivity index (χ0n) is 9.29. The maximum atomic E-state index is 10.7. The zero-order valence-corrected chi connectivity index (χ0v) is 9.29. The monoisotopic (exact) mass is 200 g/mol. The lowest BCUT2D eigenvalue weighted by Gasteiger charge is -2.42. The Labute approximate surface area is 85.5 Å². The van der Waals surface area contributed by atoms with Gasteiger partial charge in [-0.25, -0.2) is 0 Å². The van der Waals surface area contributed by atoms with Gasteiger partial charge in [-0.15, -0.1) is 0 Å². The van der Waals surface area contributed by atoms with E-state index in [0.717, 1.165) is 26.2 Å². The molecule has 1 rings (SSSR count). The van der Waals surface area contributed by atoms with Crippen LogP contribution in [-0.2, 0) is 4.79 Å². The zero-order chi connectivity index (χ0) is 10.8. The summed E-state index contributed by atoms with van der Waals surface area (Å²) in [5.41, 5.74) is -0.215. The van der Waals surface area contributed by atoms with Gasteiger partial charge in [0.2, 0.25) is 0 Å². The maximum absolute atomic E-state index is 10.7. The lowest BCUT2D eigenvalue weighted by atomic mass is 9.97. The van der Waals surface area contributed by atoms with E-state index in [4.69, 9.17) is 5.11 Å². The highest BCUT2D eigenvalue weighted by atomic mass is 16.4. The number of carboxylic acid groups (broad SMARTS) is 1. The largest absolute Gasteiger partial charge is 0.481 e. The van der Waals surface area contributed by atoms with Gasteiger partial charge in [-0.3, -0.25) is 9.69 Å². The molecule has 1 fully saturated rings. The molecule has 0 aromatic heterocycles. The highest BCUT2D eigenvalue weighted by Gasteiger charge is 2.30. The predicted molar refractivity (Wildman–Crippen MR) is 55.4 cm³/mol. The summed E-state index contributed by atoms with van der Waals surface area (Å²) in [6.07, 6.45) is 0.219. The molecule has 82 valence electrons. The van der Waals surface area contributed by atoms with Gasteiger partial charge in [-0.2, -0.15) is 0 Å². The minimum atomic E-state index is -0.714. The van der Waals surface area contributed by atoms with Gasteiger partial charge in [0.25, 0.3) is 0 Å². The Morgan fingerprint density at radius 2 is 1.79 bits per heavy atom. The van der Waals surface area contributed by atoms with Crippen molar-refractivity contribution < 1.29 is 9.90 Å². The Bertz CT molecular complexity index is 208. The van der Waals surface area contributed by atoms with Crippen LogP contribution in [0, 0.1) is 0 Å². The number of piperazine rings is 1. The minimum absolute atomic E-state index is 0.215. The molecule has 14 heavy (non-hydrogen) atoms. The quantitative estimate of drug-likeness (QED) is 0.720. The second-order valence-corrected chi connectivity index (χ2v) is 4.67. The second kappa shape index (κ2) is 4.28. The molecule has 0 spiro atoms. The van der Waals surface area contributed by atoms with Crippen molar-refractivity contribution in [2.24, 2.45) is 0 Å². The third-order valence-electron chi connectivity index (χ3n) is 2.94. The van der Waals surface area contributed by atoms with Crippen LogP contribution in [0.3, 0.4) is 0 Å². The number of aliphatic carboxylic acids is 1. The average molecular weight is 200 g/mol. The van der Waals surface area contributed by atoms with Crippen molar-refractivity contribution >= 4 is 5.97 Å². The standard InChI is InChI=1S/C10H20N2O2/c1-10(2,8-9(13)14)12-6-4-11(3)5-7-12/h4-8H2,1-3H3,(H,13,14).